The molecule has 0 saturated carbocycles. The smallest absolute Gasteiger partial charge is 0.322 e. The summed E-state index contributed by atoms with van der Waals surface area (Å²) in [4.78, 5) is 15.4. The number of para-hydroxylation sites is 2. The molecule has 1 N–H and O–H groups in total. The molecule has 1 aromatic heterocycles. The molecule has 1 fully saturated rings. The van der Waals surface area contributed by atoms with Gasteiger partial charge in [0, 0.05) is 18.3 Å². The minimum atomic E-state index is -0.158. The van der Waals surface area contributed by atoms with Gasteiger partial charge in [-0.3, -0.25) is 0 Å². The van der Waals surface area contributed by atoms with Crippen molar-refractivity contribution in [2.45, 2.75) is 25.5 Å². The van der Waals surface area contributed by atoms with Gasteiger partial charge in [-0.1, -0.05) is 18.2 Å². The number of hydrogen-bond acceptors (Lipinski definition) is 4. The van der Waals surface area contributed by atoms with Gasteiger partial charge in [0.05, 0.1) is 24.9 Å². The van der Waals surface area contributed by atoms with E-state index in [1.54, 1.807) is 23.3 Å². The van der Waals surface area contributed by atoms with Crippen molar-refractivity contribution in [1.29, 1.82) is 0 Å². The molecule has 2 atom stereocenters. The third-order valence-corrected chi connectivity index (χ3v) is 5.21. The van der Waals surface area contributed by atoms with Crippen molar-refractivity contribution >= 4 is 23.1 Å². The summed E-state index contributed by atoms with van der Waals surface area (Å²) in [5.74, 6) is 0.679. The molecule has 0 radical (unpaired) electrons. The Labute approximate surface area is 146 Å². The lowest BCUT2D eigenvalue weighted by molar-refractivity contribution is 0.142. The summed E-state index contributed by atoms with van der Waals surface area (Å²) in [6, 6.07) is 11.4. The van der Waals surface area contributed by atoms with Crippen LogP contribution in [-0.4, -0.2) is 37.3 Å². The minimum absolute atomic E-state index is 0.0151. The number of carbonyl (C=O) groups is 1. The summed E-state index contributed by atoms with van der Waals surface area (Å²) >= 11 is 1.65. The Bertz CT molecular complexity index is 669. The number of hydrogen-bond donors (Lipinski definition) is 1. The fourth-order valence-electron chi connectivity index (χ4n) is 2.56. The van der Waals surface area contributed by atoms with Gasteiger partial charge < -0.3 is 19.7 Å². The van der Waals surface area contributed by atoms with Crippen molar-refractivity contribution in [2.75, 3.05) is 25.6 Å². The third kappa shape index (κ3) is 3.88. The highest BCUT2D eigenvalue weighted by atomic mass is 32.1. The Kier molecular flexibility index (Phi) is 5.37. The van der Waals surface area contributed by atoms with E-state index in [9.17, 15) is 4.79 Å². The van der Waals surface area contributed by atoms with E-state index >= 15 is 0 Å². The lowest BCUT2D eigenvalue weighted by Gasteiger charge is -2.25. The van der Waals surface area contributed by atoms with Gasteiger partial charge in [0.2, 0.25) is 0 Å². The van der Waals surface area contributed by atoms with Crippen LogP contribution < -0.4 is 10.1 Å². The molecule has 6 heteroatoms. The molecule has 1 aliphatic heterocycles. The highest BCUT2D eigenvalue weighted by Crippen LogP contribution is 2.28. The number of nitrogens with zero attached hydrogens (tertiary/aromatic N) is 1. The molecule has 128 valence electrons. The summed E-state index contributed by atoms with van der Waals surface area (Å²) < 4.78 is 11.3. The predicted octanol–water partition coefficient (Wildman–Crippen LogP) is 4.14. The van der Waals surface area contributed by atoms with E-state index in [0.29, 0.717) is 18.0 Å². The maximum absolute atomic E-state index is 12.6. The average molecular weight is 346 g/mol. The van der Waals surface area contributed by atoms with E-state index in [1.165, 1.54) is 0 Å². The van der Waals surface area contributed by atoms with Gasteiger partial charge in [0.15, 0.2) is 0 Å². The fraction of sp³-hybridized carbons (Fsp3) is 0.389. The largest absolute Gasteiger partial charge is 0.486 e. The molecular weight excluding hydrogens is 324 g/mol. The molecule has 24 heavy (non-hydrogen) atoms. The first-order chi connectivity index (χ1) is 11.6. The maximum atomic E-state index is 12.6. The molecule has 1 saturated heterocycles. The molecule has 1 aliphatic rings. The molecule has 2 aromatic rings. The molecule has 0 bridgehead atoms. The monoisotopic (exact) mass is 346 g/mol. The lowest BCUT2D eigenvalue weighted by Crippen LogP contribution is -2.33. The predicted molar refractivity (Wildman–Crippen MR) is 95.8 cm³/mol. The summed E-state index contributed by atoms with van der Waals surface area (Å²) in [6.07, 6.45) is 0.920. The van der Waals surface area contributed by atoms with Crippen LogP contribution in [0.15, 0.2) is 41.8 Å². The Hall–Kier alpha value is -2.05. The standard InChI is InChI=1S/C18H22N2O3S/c1-13(17-8-5-11-24-17)20(2)18(21)19-15-6-3-4-7-16(15)23-14-9-10-22-12-14/h3-8,11,13-14H,9-10,12H2,1-2H3,(H,19,21)/t13-,14-/m1/s1. The van der Waals surface area contributed by atoms with Crippen LogP contribution in [0, 0.1) is 0 Å². The number of thiophene rings is 1. The Balaban J connectivity index is 1.67. The Morgan fingerprint density at radius 1 is 1.38 bits per heavy atom. The lowest BCUT2D eigenvalue weighted by atomic mass is 10.2. The van der Waals surface area contributed by atoms with Crippen LogP contribution in [0.1, 0.15) is 24.3 Å². The topological polar surface area (TPSA) is 50.8 Å². The van der Waals surface area contributed by atoms with Crippen LogP contribution in [0.2, 0.25) is 0 Å². The minimum Gasteiger partial charge on any atom is -0.486 e. The number of rotatable bonds is 5. The van der Waals surface area contributed by atoms with Crippen LogP contribution >= 0.6 is 11.3 Å². The van der Waals surface area contributed by atoms with Crippen molar-refractivity contribution in [3.8, 4) is 5.75 Å². The first kappa shape index (κ1) is 16.8. The van der Waals surface area contributed by atoms with Crippen molar-refractivity contribution in [1.82, 2.24) is 4.90 Å². The Morgan fingerprint density at radius 3 is 2.92 bits per heavy atom. The molecule has 2 heterocycles. The zero-order valence-electron chi connectivity index (χ0n) is 13.9. The molecule has 1 aromatic carbocycles. The van der Waals surface area contributed by atoms with Crippen LogP contribution in [0.4, 0.5) is 10.5 Å². The Morgan fingerprint density at radius 2 is 2.21 bits per heavy atom. The van der Waals surface area contributed by atoms with E-state index < -0.39 is 0 Å². The van der Waals surface area contributed by atoms with Gasteiger partial charge in [-0.25, -0.2) is 4.79 Å². The highest BCUT2D eigenvalue weighted by Gasteiger charge is 2.21. The second-order valence-corrected chi connectivity index (χ2v) is 6.81. The number of benzene rings is 1. The SMILES string of the molecule is C[C@H](c1cccs1)N(C)C(=O)Nc1ccccc1O[C@@H]1CCOC1. The molecule has 0 unspecified atom stereocenters. The van der Waals surface area contributed by atoms with Crippen molar-refractivity contribution < 1.29 is 14.3 Å². The molecule has 0 aliphatic carbocycles. The number of amides is 2. The summed E-state index contributed by atoms with van der Waals surface area (Å²) in [5, 5.41) is 4.97. The number of urea groups is 1. The van der Waals surface area contributed by atoms with Crippen LogP contribution in [-0.2, 0) is 4.74 Å². The van der Waals surface area contributed by atoms with Crippen molar-refractivity contribution in [3.05, 3.63) is 46.7 Å². The highest BCUT2D eigenvalue weighted by molar-refractivity contribution is 7.10. The van der Waals surface area contributed by atoms with Crippen LogP contribution in [0.5, 0.6) is 5.75 Å². The van der Waals surface area contributed by atoms with E-state index in [2.05, 4.69) is 5.32 Å². The second-order valence-electron chi connectivity index (χ2n) is 5.83. The van der Waals surface area contributed by atoms with E-state index in [-0.39, 0.29) is 18.2 Å². The number of nitrogens with one attached hydrogen (secondary N) is 1. The van der Waals surface area contributed by atoms with Gasteiger partial charge in [-0.2, -0.15) is 0 Å². The molecule has 2 amide bonds. The van der Waals surface area contributed by atoms with E-state index in [0.717, 1.165) is 17.9 Å². The molecule has 5 nitrogen and oxygen atoms in total. The van der Waals surface area contributed by atoms with Gasteiger partial charge in [-0.15, -0.1) is 11.3 Å². The van der Waals surface area contributed by atoms with Gasteiger partial charge in [0.1, 0.15) is 11.9 Å². The van der Waals surface area contributed by atoms with E-state index in [1.807, 2.05) is 48.7 Å². The number of carbonyl (C=O) groups excluding carboxylic acids is 1. The molecule has 3 rings (SSSR count). The van der Waals surface area contributed by atoms with Gasteiger partial charge in [-0.05, 0) is 30.5 Å². The van der Waals surface area contributed by atoms with E-state index in [4.69, 9.17) is 9.47 Å². The summed E-state index contributed by atoms with van der Waals surface area (Å²) in [7, 11) is 1.80. The van der Waals surface area contributed by atoms with Crippen molar-refractivity contribution in [3.63, 3.8) is 0 Å². The molecular formula is C18H22N2O3S. The van der Waals surface area contributed by atoms with Gasteiger partial charge >= 0.3 is 6.03 Å². The van der Waals surface area contributed by atoms with Crippen LogP contribution in [0.25, 0.3) is 0 Å². The summed E-state index contributed by atoms with van der Waals surface area (Å²) in [6.45, 7) is 3.33. The maximum Gasteiger partial charge on any atom is 0.322 e. The quantitative estimate of drug-likeness (QED) is 0.885. The zero-order chi connectivity index (χ0) is 16.9. The summed E-state index contributed by atoms with van der Waals surface area (Å²) in [5.41, 5.74) is 0.680. The normalized spacial score (nSPS) is 18.2. The van der Waals surface area contributed by atoms with Crippen molar-refractivity contribution in [2.24, 2.45) is 0 Å². The molecule has 0 spiro atoms. The number of anilines is 1. The zero-order valence-corrected chi connectivity index (χ0v) is 14.7. The average Bonchev–Trinajstić information content (AvgIpc) is 3.28. The first-order valence-electron chi connectivity index (χ1n) is 8.06. The fourth-order valence-corrected chi connectivity index (χ4v) is 3.38. The van der Waals surface area contributed by atoms with Gasteiger partial charge in [0.25, 0.3) is 0 Å². The number of ether oxygens (including phenoxy) is 2. The second kappa shape index (κ2) is 7.68. The third-order valence-electron chi connectivity index (χ3n) is 4.17. The van der Waals surface area contributed by atoms with Crippen LogP contribution in [0.3, 0.4) is 0 Å². The first-order valence-corrected chi connectivity index (χ1v) is 8.94.